The van der Waals surface area contributed by atoms with Crippen molar-refractivity contribution in [3.8, 4) is 0 Å². The molecule has 6 nitrogen and oxygen atoms in total. The molecule has 23 heavy (non-hydrogen) atoms. The van der Waals surface area contributed by atoms with E-state index in [0.717, 1.165) is 25.7 Å². The molecule has 3 rings (SSSR count). The highest BCUT2D eigenvalue weighted by molar-refractivity contribution is 7.13. The predicted molar refractivity (Wildman–Crippen MR) is 92.2 cm³/mol. The molecule has 2 saturated heterocycles. The van der Waals surface area contributed by atoms with Gasteiger partial charge >= 0.3 is 5.97 Å². The SMILES string of the molecule is CC1(O)CCCCC2NC(=O)C3(CC(C(=O)OP)N(P)C3)C2C1. The van der Waals surface area contributed by atoms with Gasteiger partial charge in [-0.15, -0.1) is 0 Å². The Morgan fingerprint density at radius 3 is 2.87 bits per heavy atom. The summed E-state index contributed by atoms with van der Waals surface area (Å²) in [5.41, 5.74) is -1.37. The minimum absolute atomic E-state index is 0.0247. The quantitative estimate of drug-likeness (QED) is 0.682. The standard InChI is InChI=1S/C15H26N2O4P2/c1-14(20)5-3-2-4-10-9(6-14)15(13(19)16-10)7-11(12(18)21-23)17(22)8-15/h9-11,20H,2-8,22-23H2,1H3,(H,16,19). The Labute approximate surface area is 141 Å². The third-order valence-corrected chi connectivity index (χ3v) is 6.69. The number of hydrogen-bond donors (Lipinski definition) is 2. The number of carbonyl (C=O) groups is 2. The topological polar surface area (TPSA) is 78.9 Å². The van der Waals surface area contributed by atoms with Crippen LogP contribution in [0.25, 0.3) is 0 Å². The number of nitrogens with zero attached hydrogens (tertiary/aromatic N) is 1. The van der Waals surface area contributed by atoms with Gasteiger partial charge < -0.3 is 14.9 Å². The fourth-order valence-electron chi connectivity index (χ4n) is 4.72. The molecule has 1 aliphatic carbocycles. The molecule has 0 aromatic heterocycles. The van der Waals surface area contributed by atoms with Crippen LogP contribution in [0.4, 0.5) is 0 Å². The summed E-state index contributed by atoms with van der Waals surface area (Å²) in [5, 5.41) is 13.8. The summed E-state index contributed by atoms with van der Waals surface area (Å²) in [5.74, 6) is -0.261. The number of amides is 1. The van der Waals surface area contributed by atoms with Gasteiger partial charge in [0.2, 0.25) is 5.91 Å². The zero-order valence-electron chi connectivity index (χ0n) is 13.5. The van der Waals surface area contributed by atoms with Gasteiger partial charge in [-0.05, 0) is 38.5 Å². The lowest BCUT2D eigenvalue weighted by Gasteiger charge is -2.37. The largest absolute Gasteiger partial charge is 0.450 e. The third-order valence-electron chi connectivity index (χ3n) is 5.92. The van der Waals surface area contributed by atoms with E-state index >= 15 is 0 Å². The van der Waals surface area contributed by atoms with Crippen LogP contribution in [0, 0.1) is 11.3 Å². The van der Waals surface area contributed by atoms with Crippen molar-refractivity contribution in [2.75, 3.05) is 6.54 Å². The predicted octanol–water partition coefficient (Wildman–Crippen LogP) is 1.00. The first-order valence-electron chi connectivity index (χ1n) is 8.24. The zero-order chi connectivity index (χ0) is 16.8. The highest BCUT2D eigenvalue weighted by Gasteiger charge is 2.61. The number of nitrogens with one attached hydrogen (secondary N) is 1. The second kappa shape index (κ2) is 6.22. The first kappa shape index (κ1) is 17.5. The first-order chi connectivity index (χ1) is 10.8. The van der Waals surface area contributed by atoms with E-state index in [4.69, 9.17) is 4.52 Å². The molecule has 1 saturated carbocycles. The minimum atomic E-state index is -0.756. The Balaban J connectivity index is 1.91. The maximum Gasteiger partial charge on any atom is 0.325 e. The van der Waals surface area contributed by atoms with Crippen molar-refractivity contribution in [1.82, 2.24) is 9.99 Å². The summed E-state index contributed by atoms with van der Waals surface area (Å²) >= 11 is 0. The summed E-state index contributed by atoms with van der Waals surface area (Å²) in [4.78, 5) is 24.8. The van der Waals surface area contributed by atoms with Crippen LogP contribution >= 0.6 is 18.9 Å². The molecule has 1 spiro atoms. The lowest BCUT2D eigenvalue weighted by atomic mass is 9.67. The number of fused-ring (bicyclic) bond motifs is 2. The monoisotopic (exact) mass is 360 g/mol. The van der Waals surface area contributed by atoms with E-state index in [1.54, 1.807) is 0 Å². The second-order valence-corrected chi connectivity index (χ2v) is 8.52. The summed E-state index contributed by atoms with van der Waals surface area (Å²) in [6.45, 7) is 2.37. The molecule has 1 amide bonds. The van der Waals surface area contributed by atoms with Crippen molar-refractivity contribution in [1.29, 1.82) is 0 Å². The van der Waals surface area contributed by atoms with E-state index in [0.29, 0.717) is 19.4 Å². The smallest absolute Gasteiger partial charge is 0.325 e. The van der Waals surface area contributed by atoms with Crippen LogP contribution < -0.4 is 5.32 Å². The van der Waals surface area contributed by atoms with Crippen molar-refractivity contribution in [2.24, 2.45) is 11.3 Å². The van der Waals surface area contributed by atoms with Gasteiger partial charge in [-0.1, -0.05) is 22.2 Å². The second-order valence-electron chi connectivity index (χ2n) is 7.62. The van der Waals surface area contributed by atoms with Crippen LogP contribution in [0.2, 0.25) is 0 Å². The van der Waals surface area contributed by atoms with Gasteiger partial charge in [0.05, 0.1) is 20.5 Å². The molecule has 0 radical (unpaired) electrons. The van der Waals surface area contributed by atoms with Gasteiger partial charge in [-0.25, -0.2) is 0 Å². The molecule has 0 bridgehead atoms. The van der Waals surface area contributed by atoms with Gasteiger partial charge in [0.25, 0.3) is 0 Å². The number of aliphatic hydroxyl groups is 1. The molecule has 130 valence electrons. The Morgan fingerprint density at radius 1 is 1.43 bits per heavy atom. The van der Waals surface area contributed by atoms with Gasteiger partial charge in [0.15, 0.2) is 0 Å². The maximum atomic E-state index is 12.8. The lowest BCUT2D eigenvalue weighted by Crippen LogP contribution is -2.42. The summed E-state index contributed by atoms with van der Waals surface area (Å²) < 4.78 is 6.64. The van der Waals surface area contributed by atoms with Gasteiger partial charge in [-0.2, -0.15) is 0 Å². The summed E-state index contributed by atoms with van der Waals surface area (Å²) in [6, 6.07) is -0.337. The van der Waals surface area contributed by atoms with Gasteiger partial charge in [0, 0.05) is 12.6 Å². The molecule has 7 atom stereocenters. The average Bonchev–Trinajstić information content (AvgIpc) is 2.94. The Kier molecular flexibility index (Phi) is 4.74. The van der Waals surface area contributed by atoms with Crippen LogP contribution in [0.3, 0.4) is 0 Å². The van der Waals surface area contributed by atoms with Crippen molar-refractivity contribution >= 4 is 30.7 Å². The third kappa shape index (κ3) is 3.04. The molecule has 2 aliphatic heterocycles. The molecular weight excluding hydrogens is 334 g/mol. The molecule has 2 N–H and O–H groups in total. The van der Waals surface area contributed by atoms with E-state index < -0.39 is 17.1 Å². The molecule has 3 aliphatic rings. The molecular formula is C15H26N2O4P2. The first-order valence-corrected chi connectivity index (χ1v) is 9.23. The van der Waals surface area contributed by atoms with Crippen molar-refractivity contribution in [2.45, 2.75) is 63.1 Å². The molecule has 0 aromatic rings. The summed E-state index contributed by atoms with van der Waals surface area (Å²) in [6.07, 6.45) is 4.75. The lowest BCUT2D eigenvalue weighted by molar-refractivity contribution is -0.136. The average molecular weight is 360 g/mol. The molecule has 0 aromatic carbocycles. The van der Waals surface area contributed by atoms with E-state index in [-0.39, 0.29) is 23.8 Å². The van der Waals surface area contributed by atoms with E-state index in [1.807, 2.05) is 21.1 Å². The Bertz CT molecular complexity index is 516. The fraction of sp³-hybridized carbons (Fsp3) is 0.867. The van der Waals surface area contributed by atoms with Crippen LogP contribution in [-0.4, -0.2) is 45.9 Å². The van der Waals surface area contributed by atoms with E-state index in [9.17, 15) is 14.7 Å². The Morgan fingerprint density at radius 2 is 2.17 bits per heavy atom. The van der Waals surface area contributed by atoms with Crippen molar-refractivity contribution < 1.29 is 19.2 Å². The van der Waals surface area contributed by atoms with Crippen LogP contribution in [-0.2, 0) is 14.1 Å². The van der Waals surface area contributed by atoms with E-state index in [1.165, 1.54) is 0 Å². The summed E-state index contributed by atoms with van der Waals surface area (Å²) in [7, 11) is 4.54. The van der Waals surface area contributed by atoms with Crippen LogP contribution in [0.5, 0.6) is 0 Å². The van der Waals surface area contributed by atoms with Gasteiger partial charge in [-0.3, -0.25) is 14.3 Å². The van der Waals surface area contributed by atoms with E-state index in [2.05, 4.69) is 14.7 Å². The Hall–Kier alpha value is -0.280. The van der Waals surface area contributed by atoms with Crippen molar-refractivity contribution in [3.63, 3.8) is 0 Å². The number of hydrogen-bond acceptors (Lipinski definition) is 5. The van der Waals surface area contributed by atoms with Crippen LogP contribution in [0.15, 0.2) is 0 Å². The molecule has 2 heterocycles. The zero-order valence-corrected chi connectivity index (χ0v) is 15.8. The van der Waals surface area contributed by atoms with Crippen LogP contribution in [0.1, 0.15) is 45.4 Å². The minimum Gasteiger partial charge on any atom is -0.450 e. The number of rotatable bonds is 1. The molecule has 7 unspecified atom stereocenters. The normalized spacial score (nSPS) is 44.5. The molecule has 3 fully saturated rings. The fourth-order valence-corrected chi connectivity index (χ4v) is 5.43. The van der Waals surface area contributed by atoms with Gasteiger partial charge in [0.1, 0.15) is 6.04 Å². The molecule has 8 heteroatoms. The van der Waals surface area contributed by atoms with Crippen molar-refractivity contribution in [3.05, 3.63) is 0 Å². The highest BCUT2D eigenvalue weighted by atomic mass is 31.0. The maximum absolute atomic E-state index is 12.8. The number of carbonyl (C=O) groups excluding carboxylic acids is 2. The highest BCUT2D eigenvalue weighted by Crippen LogP contribution is 2.52.